The minimum absolute atomic E-state index is 0. The van der Waals surface area contributed by atoms with Gasteiger partial charge in [0.1, 0.15) is 0 Å². The van der Waals surface area contributed by atoms with Crippen LogP contribution in [0.1, 0.15) is 31.4 Å². The van der Waals surface area contributed by atoms with E-state index in [9.17, 15) is 0 Å². The van der Waals surface area contributed by atoms with E-state index >= 15 is 0 Å². The van der Waals surface area contributed by atoms with Crippen LogP contribution < -0.4 is 0 Å². The molecule has 5 rings (SSSR count). The number of rotatable bonds is 1. The van der Waals surface area contributed by atoms with E-state index < -0.39 is 0 Å². The predicted molar refractivity (Wildman–Crippen MR) is 117 cm³/mol. The van der Waals surface area contributed by atoms with Gasteiger partial charge in [0.05, 0.1) is 16.7 Å². The van der Waals surface area contributed by atoms with Gasteiger partial charge in [0.15, 0.2) is 0 Å². The molecule has 0 saturated carbocycles. The van der Waals surface area contributed by atoms with Crippen molar-refractivity contribution < 1.29 is 0 Å². The van der Waals surface area contributed by atoms with Crippen molar-refractivity contribution in [3.8, 4) is 11.3 Å². The van der Waals surface area contributed by atoms with Crippen molar-refractivity contribution >= 4 is 34.2 Å². The highest BCUT2D eigenvalue weighted by Crippen LogP contribution is 2.41. The van der Waals surface area contributed by atoms with Gasteiger partial charge in [0, 0.05) is 29.1 Å². The molecule has 0 saturated heterocycles. The van der Waals surface area contributed by atoms with Gasteiger partial charge in [0.25, 0.3) is 0 Å². The first-order valence-electron chi connectivity index (χ1n) is 9.49. The first kappa shape index (κ1) is 18.1. The SMILES string of the molecule is Cc1ccc(-c2nccc3c4cccc5c4n(c23)CC(C)(C)CC5)cc1.Cl. The van der Waals surface area contributed by atoms with Gasteiger partial charge in [-0.05, 0) is 36.8 Å². The van der Waals surface area contributed by atoms with E-state index in [0.29, 0.717) is 0 Å². The number of aromatic nitrogens is 2. The Morgan fingerprint density at radius 3 is 2.44 bits per heavy atom. The van der Waals surface area contributed by atoms with Crippen molar-refractivity contribution in [2.24, 2.45) is 5.41 Å². The molecular formula is C24H25ClN2. The van der Waals surface area contributed by atoms with Gasteiger partial charge in [-0.15, -0.1) is 12.4 Å². The summed E-state index contributed by atoms with van der Waals surface area (Å²) < 4.78 is 2.55. The first-order chi connectivity index (χ1) is 12.5. The van der Waals surface area contributed by atoms with E-state index in [1.54, 1.807) is 0 Å². The number of nitrogens with zero attached hydrogens (tertiary/aromatic N) is 2. The molecule has 2 aromatic heterocycles. The zero-order valence-corrected chi connectivity index (χ0v) is 16.9. The van der Waals surface area contributed by atoms with Gasteiger partial charge in [-0.3, -0.25) is 4.98 Å². The average molecular weight is 377 g/mol. The lowest BCUT2D eigenvalue weighted by molar-refractivity contribution is 0.296. The van der Waals surface area contributed by atoms with Crippen LogP contribution in [0.2, 0.25) is 0 Å². The molecule has 0 fully saturated rings. The molecule has 3 heteroatoms. The standard InChI is InChI=1S/C24H24N2.ClH/c1-16-7-9-17(10-8-16)21-23-20(12-14-25-21)19-6-4-5-18-11-13-24(2,3)15-26(23)22(18)19;/h4-10,12,14H,11,13,15H2,1-3H3;1H. The monoisotopic (exact) mass is 376 g/mol. The fourth-order valence-electron chi connectivity index (χ4n) is 4.45. The number of aryl methyl sites for hydroxylation is 2. The summed E-state index contributed by atoms with van der Waals surface area (Å²) in [5.74, 6) is 0. The molecule has 138 valence electrons. The summed E-state index contributed by atoms with van der Waals surface area (Å²) in [4.78, 5) is 4.82. The molecule has 27 heavy (non-hydrogen) atoms. The molecule has 0 unspecified atom stereocenters. The molecule has 2 nitrogen and oxygen atoms in total. The quantitative estimate of drug-likeness (QED) is 0.368. The van der Waals surface area contributed by atoms with Crippen LogP contribution in [0.25, 0.3) is 33.1 Å². The molecule has 3 heterocycles. The van der Waals surface area contributed by atoms with E-state index in [1.165, 1.54) is 44.9 Å². The Labute approximate surface area is 166 Å². The lowest BCUT2D eigenvalue weighted by Gasteiger charge is -2.24. The number of benzene rings is 2. The van der Waals surface area contributed by atoms with Crippen LogP contribution in [-0.2, 0) is 13.0 Å². The van der Waals surface area contributed by atoms with E-state index in [1.807, 2.05) is 6.20 Å². The molecule has 1 aliphatic heterocycles. The number of pyridine rings is 1. The fraction of sp³-hybridized carbons (Fsp3) is 0.292. The van der Waals surface area contributed by atoms with Gasteiger partial charge in [-0.1, -0.05) is 61.9 Å². The Morgan fingerprint density at radius 2 is 1.67 bits per heavy atom. The molecule has 2 aromatic carbocycles. The number of halogens is 1. The number of para-hydroxylation sites is 1. The maximum atomic E-state index is 4.82. The molecule has 0 radical (unpaired) electrons. The summed E-state index contributed by atoms with van der Waals surface area (Å²) in [5.41, 5.74) is 8.02. The Morgan fingerprint density at radius 1 is 0.926 bits per heavy atom. The summed E-state index contributed by atoms with van der Waals surface area (Å²) in [6.07, 6.45) is 4.33. The van der Waals surface area contributed by atoms with Crippen LogP contribution in [0.5, 0.6) is 0 Å². The lowest BCUT2D eigenvalue weighted by atomic mass is 9.87. The second-order valence-electron chi connectivity index (χ2n) is 8.49. The molecule has 1 aliphatic rings. The zero-order valence-electron chi connectivity index (χ0n) is 16.1. The summed E-state index contributed by atoms with van der Waals surface area (Å²) >= 11 is 0. The molecule has 0 spiro atoms. The molecule has 0 aliphatic carbocycles. The highest BCUT2D eigenvalue weighted by Gasteiger charge is 2.27. The molecule has 0 N–H and O–H groups in total. The molecule has 0 atom stereocenters. The summed E-state index contributed by atoms with van der Waals surface area (Å²) in [7, 11) is 0. The number of hydrogen-bond acceptors (Lipinski definition) is 1. The topological polar surface area (TPSA) is 17.8 Å². The van der Waals surface area contributed by atoms with Crippen molar-refractivity contribution in [1.82, 2.24) is 9.55 Å². The van der Waals surface area contributed by atoms with Crippen molar-refractivity contribution in [3.05, 3.63) is 65.9 Å². The van der Waals surface area contributed by atoms with Gasteiger partial charge >= 0.3 is 0 Å². The maximum Gasteiger partial charge on any atom is 0.0945 e. The van der Waals surface area contributed by atoms with E-state index in [0.717, 1.165) is 18.7 Å². The summed E-state index contributed by atoms with van der Waals surface area (Å²) in [6.45, 7) is 7.94. The smallest absolute Gasteiger partial charge is 0.0945 e. The largest absolute Gasteiger partial charge is 0.338 e. The predicted octanol–water partition coefficient (Wildman–Crippen LogP) is 6.56. The minimum Gasteiger partial charge on any atom is -0.338 e. The van der Waals surface area contributed by atoms with Gasteiger partial charge < -0.3 is 4.57 Å². The van der Waals surface area contributed by atoms with Crippen molar-refractivity contribution in [3.63, 3.8) is 0 Å². The molecule has 0 bridgehead atoms. The van der Waals surface area contributed by atoms with Gasteiger partial charge in [-0.2, -0.15) is 0 Å². The van der Waals surface area contributed by atoms with Crippen LogP contribution in [0.4, 0.5) is 0 Å². The second kappa shape index (κ2) is 6.38. The zero-order chi connectivity index (χ0) is 17.9. The normalized spacial score (nSPS) is 15.5. The number of fused-ring (bicyclic) bond motifs is 3. The van der Waals surface area contributed by atoms with E-state index in [-0.39, 0.29) is 17.8 Å². The molecule has 4 aromatic rings. The highest BCUT2D eigenvalue weighted by molar-refractivity contribution is 6.12. The van der Waals surface area contributed by atoms with Crippen molar-refractivity contribution in [1.29, 1.82) is 0 Å². The van der Waals surface area contributed by atoms with Crippen LogP contribution in [0.15, 0.2) is 54.7 Å². The summed E-state index contributed by atoms with van der Waals surface area (Å²) in [6, 6.07) is 17.7. The maximum absolute atomic E-state index is 4.82. The first-order valence-corrected chi connectivity index (χ1v) is 9.49. The van der Waals surface area contributed by atoms with Crippen LogP contribution in [0, 0.1) is 12.3 Å². The second-order valence-corrected chi connectivity index (χ2v) is 8.49. The highest BCUT2D eigenvalue weighted by atomic mass is 35.5. The Kier molecular flexibility index (Phi) is 4.27. The molecule has 0 amide bonds. The van der Waals surface area contributed by atoms with Crippen LogP contribution >= 0.6 is 12.4 Å². The van der Waals surface area contributed by atoms with Crippen molar-refractivity contribution in [2.45, 2.75) is 40.2 Å². The third-order valence-corrected chi connectivity index (χ3v) is 5.86. The van der Waals surface area contributed by atoms with Crippen LogP contribution in [0.3, 0.4) is 0 Å². The Hall–Kier alpha value is -2.32. The number of hydrogen-bond donors (Lipinski definition) is 0. The lowest BCUT2D eigenvalue weighted by Crippen LogP contribution is -2.18. The third-order valence-electron chi connectivity index (χ3n) is 5.86. The summed E-state index contributed by atoms with van der Waals surface area (Å²) in [5, 5.41) is 2.69. The Bertz CT molecular complexity index is 1140. The molecular weight excluding hydrogens is 352 g/mol. The third kappa shape index (κ3) is 2.83. The van der Waals surface area contributed by atoms with Gasteiger partial charge in [-0.25, -0.2) is 0 Å². The Balaban J connectivity index is 0.00000180. The van der Waals surface area contributed by atoms with Crippen LogP contribution in [-0.4, -0.2) is 9.55 Å². The minimum atomic E-state index is 0. The van der Waals surface area contributed by atoms with E-state index in [2.05, 4.69) is 73.9 Å². The average Bonchev–Trinajstić information content (AvgIpc) is 2.87. The van der Waals surface area contributed by atoms with Gasteiger partial charge in [0.2, 0.25) is 0 Å². The van der Waals surface area contributed by atoms with E-state index in [4.69, 9.17) is 4.98 Å². The van der Waals surface area contributed by atoms with Crippen molar-refractivity contribution in [2.75, 3.05) is 0 Å². The fourth-order valence-corrected chi connectivity index (χ4v) is 4.45.